The SMILES string of the molecule is CC[C@@H](C)Nc1nccc(N2CCc3ccccc3C2)n1. The van der Waals surface area contributed by atoms with Crippen LogP contribution in [-0.4, -0.2) is 22.6 Å². The van der Waals surface area contributed by atoms with Gasteiger partial charge in [-0.25, -0.2) is 4.98 Å². The maximum absolute atomic E-state index is 4.66. The van der Waals surface area contributed by atoms with Crippen LogP contribution in [0.4, 0.5) is 11.8 Å². The van der Waals surface area contributed by atoms with E-state index in [0.29, 0.717) is 6.04 Å². The van der Waals surface area contributed by atoms with Crippen molar-refractivity contribution in [3.63, 3.8) is 0 Å². The molecule has 0 unspecified atom stereocenters. The lowest BCUT2D eigenvalue weighted by Crippen LogP contribution is -2.31. The first kappa shape index (κ1) is 13.9. The molecule has 21 heavy (non-hydrogen) atoms. The van der Waals surface area contributed by atoms with E-state index in [0.717, 1.165) is 37.7 Å². The number of fused-ring (bicyclic) bond motifs is 1. The van der Waals surface area contributed by atoms with Crippen LogP contribution in [0.1, 0.15) is 31.4 Å². The van der Waals surface area contributed by atoms with Gasteiger partial charge in [0.05, 0.1) is 0 Å². The Morgan fingerprint density at radius 3 is 2.86 bits per heavy atom. The summed E-state index contributed by atoms with van der Waals surface area (Å²) < 4.78 is 0. The van der Waals surface area contributed by atoms with E-state index in [1.54, 1.807) is 0 Å². The molecule has 3 rings (SSSR count). The Hall–Kier alpha value is -2.10. The first-order valence-electron chi connectivity index (χ1n) is 7.67. The van der Waals surface area contributed by atoms with Crippen molar-refractivity contribution < 1.29 is 0 Å². The fourth-order valence-corrected chi connectivity index (χ4v) is 2.61. The van der Waals surface area contributed by atoms with E-state index in [1.165, 1.54) is 11.1 Å². The molecule has 110 valence electrons. The molecule has 0 fully saturated rings. The third kappa shape index (κ3) is 3.15. The minimum Gasteiger partial charge on any atom is -0.352 e. The van der Waals surface area contributed by atoms with Crippen molar-refractivity contribution in [1.82, 2.24) is 9.97 Å². The van der Waals surface area contributed by atoms with Gasteiger partial charge >= 0.3 is 0 Å². The third-order valence-electron chi connectivity index (χ3n) is 4.08. The molecule has 0 bridgehead atoms. The highest BCUT2D eigenvalue weighted by Crippen LogP contribution is 2.23. The highest BCUT2D eigenvalue weighted by Gasteiger charge is 2.17. The summed E-state index contributed by atoms with van der Waals surface area (Å²) in [5, 5.41) is 3.34. The van der Waals surface area contributed by atoms with Crippen LogP contribution in [0, 0.1) is 0 Å². The van der Waals surface area contributed by atoms with Crippen LogP contribution in [-0.2, 0) is 13.0 Å². The number of aromatic nitrogens is 2. The average molecular weight is 282 g/mol. The van der Waals surface area contributed by atoms with E-state index in [-0.39, 0.29) is 0 Å². The summed E-state index contributed by atoms with van der Waals surface area (Å²) >= 11 is 0. The largest absolute Gasteiger partial charge is 0.352 e. The molecule has 1 atom stereocenters. The third-order valence-corrected chi connectivity index (χ3v) is 4.08. The molecule has 1 aromatic carbocycles. The Labute approximate surface area is 126 Å². The molecule has 0 radical (unpaired) electrons. The number of nitrogens with zero attached hydrogens (tertiary/aromatic N) is 3. The Morgan fingerprint density at radius 2 is 2.05 bits per heavy atom. The van der Waals surface area contributed by atoms with Crippen LogP contribution in [0.2, 0.25) is 0 Å². The summed E-state index contributed by atoms with van der Waals surface area (Å²) in [6, 6.07) is 11.0. The van der Waals surface area contributed by atoms with Gasteiger partial charge < -0.3 is 10.2 Å². The van der Waals surface area contributed by atoms with E-state index < -0.39 is 0 Å². The fraction of sp³-hybridized carbons (Fsp3) is 0.412. The van der Waals surface area contributed by atoms with E-state index >= 15 is 0 Å². The highest BCUT2D eigenvalue weighted by molar-refractivity contribution is 5.46. The topological polar surface area (TPSA) is 41.1 Å². The molecule has 0 amide bonds. The van der Waals surface area contributed by atoms with Gasteiger partial charge in [-0.15, -0.1) is 0 Å². The zero-order chi connectivity index (χ0) is 14.7. The molecule has 0 spiro atoms. The van der Waals surface area contributed by atoms with Crippen LogP contribution in [0.5, 0.6) is 0 Å². The zero-order valence-electron chi connectivity index (χ0n) is 12.7. The van der Waals surface area contributed by atoms with Gasteiger partial charge in [0.1, 0.15) is 5.82 Å². The van der Waals surface area contributed by atoms with E-state index in [9.17, 15) is 0 Å². The van der Waals surface area contributed by atoms with Crippen LogP contribution in [0.3, 0.4) is 0 Å². The normalized spacial score (nSPS) is 15.4. The smallest absolute Gasteiger partial charge is 0.224 e. The number of hydrogen-bond donors (Lipinski definition) is 1. The predicted molar refractivity (Wildman–Crippen MR) is 86.6 cm³/mol. The maximum atomic E-state index is 4.66. The van der Waals surface area contributed by atoms with Gasteiger partial charge in [0.15, 0.2) is 0 Å². The van der Waals surface area contributed by atoms with Crippen molar-refractivity contribution >= 4 is 11.8 Å². The van der Waals surface area contributed by atoms with Crippen LogP contribution < -0.4 is 10.2 Å². The van der Waals surface area contributed by atoms with Crippen LogP contribution in [0.15, 0.2) is 36.5 Å². The Kier molecular flexibility index (Phi) is 4.04. The summed E-state index contributed by atoms with van der Waals surface area (Å²) in [4.78, 5) is 11.3. The van der Waals surface area contributed by atoms with Crippen molar-refractivity contribution in [1.29, 1.82) is 0 Å². The van der Waals surface area contributed by atoms with Gasteiger partial charge in [-0.3, -0.25) is 0 Å². The maximum Gasteiger partial charge on any atom is 0.224 e. The molecule has 1 aliphatic heterocycles. The predicted octanol–water partition coefficient (Wildman–Crippen LogP) is 3.25. The lowest BCUT2D eigenvalue weighted by atomic mass is 10.00. The highest BCUT2D eigenvalue weighted by atomic mass is 15.2. The quantitative estimate of drug-likeness (QED) is 0.934. The van der Waals surface area contributed by atoms with Gasteiger partial charge in [-0.2, -0.15) is 4.98 Å². The van der Waals surface area contributed by atoms with Gasteiger partial charge in [0, 0.05) is 25.3 Å². The first-order chi connectivity index (χ1) is 10.3. The van der Waals surface area contributed by atoms with E-state index in [2.05, 4.69) is 58.3 Å². The average Bonchev–Trinajstić information content (AvgIpc) is 2.54. The van der Waals surface area contributed by atoms with Crippen molar-refractivity contribution in [3.8, 4) is 0 Å². The number of rotatable bonds is 4. The molecule has 0 saturated carbocycles. The molecule has 1 N–H and O–H groups in total. The minimum absolute atomic E-state index is 0.391. The van der Waals surface area contributed by atoms with Crippen molar-refractivity contribution in [3.05, 3.63) is 47.7 Å². The molecule has 1 aliphatic rings. The second kappa shape index (κ2) is 6.12. The van der Waals surface area contributed by atoms with Crippen molar-refractivity contribution in [2.45, 2.75) is 39.3 Å². The summed E-state index contributed by atoms with van der Waals surface area (Å²) in [5.41, 5.74) is 2.86. The molecule has 0 saturated heterocycles. The van der Waals surface area contributed by atoms with E-state index in [1.807, 2.05) is 12.3 Å². The van der Waals surface area contributed by atoms with Gasteiger partial charge in [0.25, 0.3) is 0 Å². The molecule has 0 aliphatic carbocycles. The standard InChI is InChI=1S/C17H22N4/c1-3-13(2)19-17-18-10-8-16(20-17)21-11-9-14-6-4-5-7-15(14)12-21/h4-8,10,13H,3,9,11-12H2,1-2H3,(H,18,19,20)/t13-/m1/s1. The summed E-state index contributed by atoms with van der Waals surface area (Å²) in [6.07, 6.45) is 3.98. The Balaban J connectivity index is 1.77. The first-order valence-corrected chi connectivity index (χ1v) is 7.67. The summed E-state index contributed by atoms with van der Waals surface area (Å²) in [6.45, 7) is 6.24. The number of nitrogens with one attached hydrogen (secondary N) is 1. The lowest BCUT2D eigenvalue weighted by Gasteiger charge is -2.30. The molecular formula is C17H22N4. The second-order valence-corrected chi connectivity index (χ2v) is 5.63. The lowest BCUT2D eigenvalue weighted by molar-refractivity contribution is 0.715. The van der Waals surface area contributed by atoms with Crippen molar-refractivity contribution in [2.24, 2.45) is 0 Å². The molecule has 4 nitrogen and oxygen atoms in total. The van der Waals surface area contributed by atoms with Gasteiger partial charge in [-0.1, -0.05) is 31.2 Å². The minimum atomic E-state index is 0.391. The number of benzene rings is 1. The van der Waals surface area contributed by atoms with Gasteiger partial charge in [-0.05, 0) is 37.0 Å². The van der Waals surface area contributed by atoms with Crippen LogP contribution in [0.25, 0.3) is 0 Å². The van der Waals surface area contributed by atoms with Gasteiger partial charge in [0.2, 0.25) is 5.95 Å². The molecular weight excluding hydrogens is 260 g/mol. The molecule has 2 heterocycles. The second-order valence-electron chi connectivity index (χ2n) is 5.63. The van der Waals surface area contributed by atoms with Crippen LogP contribution >= 0.6 is 0 Å². The monoisotopic (exact) mass is 282 g/mol. The fourth-order valence-electron chi connectivity index (χ4n) is 2.61. The molecule has 2 aromatic rings. The summed E-state index contributed by atoms with van der Waals surface area (Å²) in [5.74, 6) is 1.73. The Bertz CT molecular complexity index is 611. The number of hydrogen-bond acceptors (Lipinski definition) is 4. The Morgan fingerprint density at radius 1 is 1.24 bits per heavy atom. The molecule has 4 heteroatoms. The van der Waals surface area contributed by atoms with E-state index in [4.69, 9.17) is 0 Å². The van der Waals surface area contributed by atoms with Crippen molar-refractivity contribution in [2.75, 3.05) is 16.8 Å². The number of anilines is 2. The molecule has 1 aromatic heterocycles. The summed E-state index contributed by atoms with van der Waals surface area (Å²) in [7, 11) is 0. The zero-order valence-corrected chi connectivity index (χ0v) is 12.7.